The number of nitrogens with zero attached hydrogens (tertiary/aromatic N) is 1. The Balaban J connectivity index is 1.75. The van der Waals surface area contributed by atoms with Crippen LogP contribution in [0.4, 0.5) is 0 Å². The van der Waals surface area contributed by atoms with Gasteiger partial charge in [-0.3, -0.25) is 4.90 Å². The fourth-order valence-corrected chi connectivity index (χ4v) is 4.71. The van der Waals surface area contributed by atoms with Gasteiger partial charge in [-0.2, -0.15) is 0 Å². The van der Waals surface area contributed by atoms with Gasteiger partial charge in [-0.25, -0.2) is 0 Å². The first-order valence-corrected chi connectivity index (χ1v) is 7.93. The zero-order chi connectivity index (χ0) is 15.8. The van der Waals surface area contributed by atoms with Gasteiger partial charge in [0.05, 0.1) is 17.6 Å². The molecule has 2 N–H and O–H groups in total. The number of ether oxygens (including phenoxy) is 3. The predicted molar refractivity (Wildman–Crippen MR) is 80.3 cm³/mol. The van der Waals surface area contributed by atoms with Gasteiger partial charge in [-0.1, -0.05) is 12.2 Å². The fraction of sp³-hybridized carbons (Fsp3) is 0.529. The van der Waals surface area contributed by atoms with Crippen molar-refractivity contribution in [1.29, 1.82) is 0 Å². The van der Waals surface area contributed by atoms with E-state index in [2.05, 4.69) is 6.08 Å². The standard InChI is InChI=1S/C17H19NO5/c1-21-9-2-3-17-11-6-13-12(22-8-23-13)5-10(11)16(20)18(7-15(17)19)14(17)4-9/h2-3,5-6,9,14-16,19-20H,4,7-8H2,1H3/t9-,14-,15-,16-,17-/m0/s1. The number of hydrogen-bond acceptors (Lipinski definition) is 6. The van der Waals surface area contributed by atoms with Crippen LogP contribution in [0.3, 0.4) is 0 Å². The molecule has 5 rings (SSSR count). The molecular weight excluding hydrogens is 298 g/mol. The van der Waals surface area contributed by atoms with E-state index in [1.807, 2.05) is 23.1 Å². The Kier molecular flexibility index (Phi) is 2.69. The highest BCUT2D eigenvalue weighted by molar-refractivity contribution is 5.57. The zero-order valence-corrected chi connectivity index (χ0v) is 12.8. The van der Waals surface area contributed by atoms with E-state index in [9.17, 15) is 10.2 Å². The minimum absolute atomic E-state index is 0.00341. The smallest absolute Gasteiger partial charge is 0.231 e. The van der Waals surface area contributed by atoms with Gasteiger partial charge < -0.3 is 24.4 Å². The summed E-state index contributed by atoms with van der Waals surface area (Å²) < 4.78 is 16.4. The number of aliphatic hydroxyl groups is 2. The lowest BCUT2D eigenvalue weighted by Gasteiger charge is -2.48. The summed E-state index contributed by atoms with van der Waals surface area (Å²) in [5.41, 5.74) is 1.21. The maximum atomic E-state index is 10.8. The first kappa shape index (κ1) is 13.8. The summed E-state index contributed by atoms with van der Waals surface area (Å²) in [7, 11) is 1.69. The summed E-state index contributed by atoms with van der Waals surface area (Å²) in [5.74, 6) is 1.33. The normalized spacial score (nSPS) is 42.5. The molecule has 2 bridgehead atoms. The quantitative estimate of drug-likeness (QED) is 0.742. The van der Waals surface area contributed by atoms with Crippen LogP contribution in [0.2, 0.25) is 0 Å². The molecular formula is C17H19NO5. The van der Waals surface area contributed by atoms with E-state index >= 15 is 0 Å². The van der Waals surface area contributed by atoms with Crippen molar-refractivity contribution in [3.8, 4) is 11.5 Å². The van der Waals surface area contributed by atoms with Gasteiger partial charge in [0.2, 0.25) is 6.79 Å². The molecule has 0 spiro atoms. The van der Waals surface area contributed by atoms with Gasteiger partial charge in [0.15, 0.2) is 11.5 Å². The van der Waals surface area contributed by atoms with Gasteiger partial charge in [-0.05, 0) is 24.1 Å². The van der Waals surface area contributed by atoms with Crippen molar-refractivity contribution >= 4 is 0 Å². The highest BCUT2D eigenvalue weighted by atomic mass is 16.7. The van der Waals surface area contributed by atoms with Crippen LogP contribution in [-0.2, 0) is 10.2 Å². The molecule has 122 valence electrons. The van der Waals surface area contributed by atoms with Gasteiger partial charge >= 0.3 is 0 Å². The van der Waals surface area contributed by atoms with E-state index in [4.69, 9.17) is 14.2 Å². The summed E-state index contributed by atoms with van der Waals surface area (Å²) in [6, 6.07) is 3.79. The average Bonchev–Trinajstić information content (AvgIpc) is 3.12. The lowest BCUT2D eigenvalue weighted by atomic mass is 9.65. The number of aliphatic hydroxyl groups excluding tert-OH is 2. The third-order valence-electron chi connectivity index (χ3n) is 5.84. The maximum Gasteiger partial charge on any atom is 0.231 e. The number of methoxy groups -OCH3 is 1. The molecule has 3 heterocycles. The Hall–Kier alpha value is -1.60. The van der Waals surface area contributed by atoms with Gasteiger partial charge in [-0.15, -0.1) is 0 Å². The van der Waals surface area contributed by atoms with Crippen molar-refractivity contribution in [2.45, 2.75) is 36.3 Å². The minimum Gasteiger partial charge on any atom is -0.454 e. The predicted octanol–water partition coefficient (Wildman–Crippen LogP) is 0.678. The molecule has 1 saturated heterocycles. The molecule has 1 aromatic carbocycles. The molecule has 1 aliphatic carbocycles. The van der Waals surface area contributed by atoms with E-state index in [0.29, 0.717) is 18.0 Å². The Morgan fingerprint density at radius 2 is 2.04 bits per heavy atom. The number of benzene rings is 1. The number of fused-ring (bicyclic) bond motifs is 2. The highest BCUT2D eigenvalue weighted by Gasteiger charge is 2.61. The highest BCUT2D eigenvalue weighted by Crippen LogP contribution is 2.56. The molecule has 6 atom stereocenters. The first-order valence-electron chi connectivity index (χ1n) is 7.93. The lowest BCUT2D eigenvalue weighted by molar-refractivity contribution is -0.0399. The largest absolute Gasteiger partial charge is 0.454 e. The molecule has 0 aromatic heterocycles. The number of hydrogen-bond donors (Lipinski definition) is 2. The lowest BCUT2D eigenvalue weighted by Crippen LogP contribution is -2.53. The molecule has 1 aromatic rings. The fourth-order valence-electron chi connectivity index (χ4n) is 4.71. The van der Waals surface area contributed by atoms with E-state index in [1.165, 1.54) is 0 Å². The molecule has 0 saturated carbocycles. The molecule has 1 fully saturated rings. The van der Waals surface area contributed by atoms with Crippen molar-refractivity contribution < 1.29 is 24.4 Å². The third kappa shape index (κ3) is 1.57. The van der Waals surface area contributed by atoms with Crippen LogP contribution in [-0.4, -0.2) is 53.8 Å². The molecule has 1 unspecified atom stereocenters. The molecule has 3 aliphatic heterocycles. The van der Waals surface area contributed by atoms with Crippen LogP contribution in [0.1, 0.15) is 23.8 Å². The maximum absolute atomic E-state index is 10.8. The van der Waals surface area contributed by atoms with Crippen molar-refractivity contribution in [2.75, 3.05) is 20.4 Å². The van der Waals surface area contributed by atoms with Gasteiger partial charge in [0, 0.05) is 25.3 Å². The second kappa shape index (κ2) is 4.48. The van der Waals surface area contributed by atoms with Crippen LogP contribution < -0.4 is 9.47 Å². The van der Waals surface area contributed by atoms with Crippen molar-refractivity contribution in [3.63, 3.8) is 0 Å². The molecule has 0 radical (unpaired) electrons. The van der Waals surface area contributed by atoms with E-state index in [-0.39, 0.29) is 18.9 Å². The van der Waals surface area contributed by atoms with Crippen LogP contribution >= 0.6 is 0 Å². The SMILES string of the molecule is CO[C@H]1C=C[C@@]23c4cc5c(cc4[C@H](O)N(C[C@@H]2O)[C@H]3C1)OCO5. The van der Waals surface area contributed by atoms with Crippen molar-refractivity contribution in [1.82, 2.24) is 4.90 Å². The van der Waals surface area contributed by atoms with Crippen LogP contribution in [0.25, 0.3) is 0 Å². The second-order valence-electron chi connectivity index (χ2n) is 6.70. The van der Waals surface area contributed by atoms with Crippen LogP contribution in [0.5, 0.6) is 11.5 Å². The van der Waals surface area contributed by atoms with Crippen molar-refractivity contribution in [3.05, 3.63) is 35.4 Å². The summed E-state index contributed by atoms with van der Waals surface area (Å²) in [6.07, 6.45) is 3.51. The molecule has 0 amide bonds. The molecule has 6 nitrogen and oxygen atoms in total. The van der Waals surface area contributed by atoms with E-state index < -0.39 is 17.7 Å². The summed E-state index contributed by atoms with van der Waals surface area (Å²) in [4.78, 5) is 1.98. The Labute approximate surface area is 133 Å². The molecule has 4 aliphatic rings. The summed E-state index contributed by atoms with van der Waals surface area (Å²) >= 11 is 0. The minimum atomic E-state index is -0.751. The Morgan fingerprint density at radius 3 is 2.83 bits per heavy atom. The van der Waals surface area contributed by atoms with E-state index in [0.717, 1.165) is 17.5 Å². The van der Waals surface area contributed by atoms with Crippen molar-refractivity contribution in [2.24, 2.45) is 0 Å². The topological polar surface area (TPSA) is 71.4 Å². The van der Waals surface area contributed by atoms with Gasteiger partial charge in [0.1, 0.15) is 6.23 Å². The van der Waals surface area contributed by atoms with Crippen LogP contribution in [0.15, 0.2) is 24.3 Å². The Bertz CT molecular complexity index is 704. The first-order chi connectivity index (χ1) is 11.1. The van der Waals surface area contributed by atoms with E-state index in [1.54, 1.807) is 7.11 Å². The number of rotatable bonds is 1. The Morgan fingerprint density at radius 1 is 1.26 bits per heavy atom. The summed E-state index contributed by atoms with van der Waals surface area (Å²) in [5, 5.41) is 21.7. The molecule has 6 heteroatoms. The third-order valence-corrected chi connectivity index (χ3v) is 5.84. The monoisotopic (exact) mass is 317 g/mol. The van der Waals surface area contributed by atoms with Gasteiger partial charge in [0.25, 0.3) is 0 Å². The summed E-state index contributed by atoms with van der Waals surface area (Å²) in [6.45, 7) is 0.631. The second-order valence-corrected chi connectivity index (χ2v) is 6.70. The zero-order valence-electron chi connectivity index (χ0n) is 12.8. The molecule has 23 heavy (non-hydrogen) atoms. The average molecular weight is 317 g/mol. The van der Waals surface area contributed by atoms with Crippen LogP contribution in [0, 0.1) is 0 Å².